The number of hydrogen-bond acceptors (Lipinski definition) is 4. The topological polar surface area (TPSA) is 66.8 Å². The van der Waals surface area contributed by atoms with Gasteiger partial charge in [0, 0.05) is 13.1 Å². The van der Waals surface area contributed by atoms with Crippen molar-refractivity contribution < 1.29 is 13.2 Å². The maximum Gasteiger partial charge on any atom is 0.240 e. The standard InChI is InChI=1S/C12H14N2O3S/c15-10-13-12-5-3-11(4-6-12)9-18(16,17)14-7-1-2-8-14/h3-6H,1-2,7-9H2. The number of sulfonamides is 1. The van der Waals surface area contributed by atoms with Crippen molar-refractivity contribution in [2.24, 2.45) is 4.99 Å². The maximum atomic E-state index is 12.1. The van der Waals surface area contributed by atoms with E-state index in [2.05, 4.69) is 4.99 Å². The van der Waals surface area contributed by atoms with Crippen LogP contribution in [-0.4, -0.2) is 31.9 Å². The number of rotatable bonds is 4. The lowest BCUT2D eigenvalue weighted by molar-refractivity contribution is 0.476. The van der Waals surface area contributed by atoms with Gasteiger partial charge in [-0.15, -0.1) is 0 Å². The molecule has 0 unspecified atom stereocenters. The zero-order chi connectivity index (χ0) is 13.0. The Morgan fingerprint density at radius 3 is 2.33 bits per heavy atom. The second kappa shape index (κ2) is 5.44. The van der Waals surface area contributed by atoms with E-state index in [1.807, 2.05) is 0 Å². The van der Waals surface area contributed by atoms with Crippen LogP contribution in [0.15, 0.2) is 29.3 Å². The maximum absolute atomic E-state index is 12.1. The van der Waals surface area contributed by atoms with Gasteiger partial charge in [0.05, 0.1) is 11.4 Å². The van der Waals surface area contributed by atoms with Crippen LogP contribution in [0, 0.1) is 0 Å². The fraction of sp³-hybridized carbons (Fsp3) is 0.417. The Hall–Kier alpha value is -1.49. The van der Waals surface area contributed by atoms with E-state index < -0.39 is 10.0 Å². The molecule has 1 heterocycles. The molecule has 0 saturated carbocycles. The van der Waals surface area contributed by atoms with Crippen LogP contribution in [0.25, 0.3) is 0 Å². The van der Waals surface area contributed by atoms with Crippen LogP contribution >= 0.6 is 0 Å². The molecule has 1 aromatic rings. The van der Waals surface area contributed by atoms with Crippen molar-refractivity contribution in [2.75, 3.05) is 13.1 Å². The van der Waals surface area contributed by atoms with E-state index in [4.69, 9.17) is 0 Å². The average molecular weight is 266 g/mol. The molecule has 1 saturated heterocycles. The van der Waals surface area contributed by atoms with Crippen LogP contribution in [-0.2, 0) is 20.6 Å². The van der Waals surface area contributed by atoms with Crippen molar-refractivity contribution in [1.82, 2.24) is 4.31 Å². The summed E-state index contributed by atoms with van der Waals surface area (Å²) in [5.41, 5.74) is 1.18. The SMILES string of the molecule is O=C=Nc1ccc(CS(=O)(=O)N2CCCC2)cc1. The van der Waals surface area contributed by atoms with Gasteiger partial charge in [0.1, 0.15) is 0 Å². The van der Waals surface area contributed by atoms with Crippen molar-refractivity contribution in [3.05, 3.63) is 29.8 Å². The number of isocyanates is 1. The molecule has 0 radical (unpaired) electrons. The van der Waals surface area contributed by atoms with Crippen molar-refractivity contribution >= 4 is 21.8 Å². The van der Waals surface area contributed by atoms with Crippen LogP contribution in [0.1, 0.15) is 18.4 Å². The summed E-state index contributed by atoms with van der Waals surface area (Å²) >= 11 is 0. The minimum atomic E-state index is -3.21. The highest BCUT2D eigenvalue weighted by Gasteiger charge is 2.25. The first-order valence-electron chi connectivity index (χ1n) is 5.76. The third-order valence-corrected chi connectivity index (χ3v) is 4.77. The van der Waals surface area contributed by atoms with Crippen molar-refractivity contribution in [3.8, 4) is 0 Å². The molecule has 0 bridgehead atoms. The van der Waals surface area contributed by atoms with Gasteiger partial charge in [0.25, 0.3) is 0 Å². The van der Waals surface area contributed by atoms with Crippen LogP contribution in [0.4, 0.5) is 5.69 Å². The lowest BCUT2D eigenvalue weighted by atomic mass is 10.2. The molecule has 18 heavy (non-hydrogen) atoms. The number of carbonyl (C=O) groups excluding carboxylic acids is 1. The summed E-state index contributed by atoms with van der Waals surface area (Å²) in [7, 11) is -3.21. The summed E-state index contributed by atoms with van der Waals surface area (Å²) in [6, 6.07) is 6.56. The van der Waals surface area contributed by atoms with Crippen molar-refractivity contribution in [3.63, 3.8) is 0 Å². The summed E-state index contributed by atoms with van der Waals surface area (Å²) in [6.45, 7) is 1.24. The summed E-state index contributed by atoms with van der Waals surface area (Å²) in [5, 5.41) is 0. The molecule has 1 aliphatic rings. The molecule has 0 atom stereocenters. The molecule has 0 amide bonds. The van der Waals surface area contributed by atoms with E-state index in [0.29, 0.717) is 24.3 Å². The molecule has 96 valence electrons. The van der Waals surface area contributed by atoms with Gasteiger partial charge in [-0.2, -0.15) is 4.99 Å². The van der Waals surface area contributed by atoms with Gasteiger partial charge in [-0.05, 0) is 30.5 Å². The van der Waals surface area contributed by atoms with Crippen LogP contribution in [0.3, 0.4) is 0 Å². The fourth-order valence-electron chi connectivity index (χ4n) is 1.99. The molecule has 6 heteroatoms. The van der Waals surface area contributed by atoms with E-state index in [0.717, 1.165) is 12.8 Å². The molecular formula is C12H14N2O3S. The Labute approximate surface area is 106 Å². The van der Waals surface area contributed by atoms with Gasteiger partial charge in [-0.25, -0.2) is 17.5 Å². The van der Waals surface area contributed by atoms with Crippen molar-refractivity contribution in [1.29, 1.82) is 0 Å². The first-order chi connectivity index (χ1) is 8.62. The van der Waals surface area contributed by atoms with Gasteiger partial charge >= 0.3 is 0 Å². The average Bonchev–Trinajstić information content (AvgIpc) is 2.86. The van der Waals surface area contributed by atoms with Gasteiger partial charge in [-0.3, -0.25) is 0 Å². The van der Waals surface area contributed by atoms with Crippen LogP contribution < -0.4 is 0 Å². The Bertz CT molecular complexity index is 553. The predicted molar refractivity (Wildman–Crippen MR) is 67.7 cm³/mol. The number of benzene rings is 1. The minimum Gasteiger partial charge on any atom is -0.212 e. The molecule has 1 aliphatic heterocycles. The Balaban J connectivity index is 2.11. The summed E-state index contributed by atoms with van der Waals surface area (Å²) in [5.74, 6) is -0.00190. The van der Waals surface area contributed by atoms with E-state index in [-0.39, 0.29) is 5.75 Å². The van der Waals surface area contributed by atoms with Crippen LogP contribution in [0.2, 0.25) is 0 Å². The molecule has 0 aliphatic carbocycles. The van der Waals surface area contributed by atoms with Gasteiger partial charge in [0.2, 0.25) is 16.1 Å². The normalized spacial score (nSPS) is 16.4. The second-order valence-corrected chi connectivity index (χ2v) is 6.20. The van der Waals surface area contributed by atoms with E-state index in [9.17, 15) is 13.2 Å². The smallest absolute Gasteiger partial charge is 0.212 e. The summed E-state index contributed by atoms with van der Waals surface area (Å²) in [6.07, 6.45) is 3.32. The molecule has 5 nitrogen and oxygen atoms in total. The third-order valence-electron chi connectivity index (χ3n) is 2.92. The molecular weight excluding hydrogens is 252 g/mol. The first kappa shape index (κ1) is 13.0. The molecule has 1 aromatic carbocycles. The third kappa shape index (κ3) is 3.04. The Morgan fingerprint density at radius 1 is 1.17 bits per heavy atom. The number of hydrogen-bond donors (Lipinski definition) is 0. The lowest BCUT2D eigenvalue weighted by Crippen LogP contribution is -2.29. The Kier molecular flexibility index (Phi) is 3.91. The highest BCUT2D eigenvalue weighted by molar-refractivity contribution is 7.88. The quantitative estimate of drug-likeness (QED) is 0.614. The highest BCUT2D eigenvalue weighted by Crippen LogP contribution is 2.19. The second-order valence-electron chi connectivity index (χ2n) is 4.23. The van der Waals surface area contributed by atoms with E-state index in [1.54, 1.807) is 24.3 Å². The minimum absolute atomic E-state index is 0.00190. The van der Waals surface area contributed by atoms with Gasteiger partial charge < -0.3 is 0 Å². The zero-order valence-electron chi connectivity index (χ0n) is 9.87. The van der Waals surface area contributed by atoms with Crippen molar-refractivity contribution in [2.45, 2.75) is 18.6 Å². The first-order valence-corrected chi connectivity index (χ1v) is 7.37. The summed E-state index contributed by atoms with van der Waals surface area (Å²) < 4.78 is 25.6. The molecule has 0 spiro atoms. The van der Waals surface area contributed by atoms with Gasteiger partial charge in [0.15, 0.2) is 0 Å². The molecule has 0 aromatic heterocycles. The van der Waals surface area contributed by atoms with Crippen LogP contribution in [0.5, 0.6) is 0 Å². The lowest BCUT2D eigenvalue weighted by Gasteiger charge is -2.15. The Morgan fingerprint density at radius 2 is 1.78 bits per heavy atom. The molecule has 0 N–H and O–H groups in total. The predicted octanol–water partition coefficient (Wildman–Crippen LogP) is 1.58. The van der Waals surface area contributed by atoms with E-state index >= 15 is 0 Å². The number of aliphatic imine (C=N–C) groups is 1. The van der Waals surface area contributed by atoms with E-state index in [1.165, 1.54) is 10.4 Å². The summed E-state index contributed by atoms with van der Waals surface area (Å²) in [4.78, 5) is 13.5. The number of nitrogens with zero attached hydrogens (tertiary/aromatic N) is 2. The largest absolute Gasteiger partial charge is 0.240 e. The fourth-order valence-corrected chi connectivity index (χ4v) is 3.60. The molecule has 2 rings (SSSR count). The highest BCUT2D eigenvalue weighted by atomic mass is 32.2. The van der Waals surface area contributed by atoms with Gasteiger partial charge in [-0.1, -0.05) is 12.1 Å². The monoisotopic (exact) mass is 266 g/mol. The zero-order valence-corrected chi connectivity index (χ0v) is 10.7. The molecule has 1 fully saturated rings.